The van der Waals surface area contributed by atoms with Crippen LogP contribution in [-0.2, 0) is 24.3 Å². The number of amides is 2. The number of nitrogens with one attached hydrogen (secondary N) is 1. The van der Waals surface area contributed by atoms with Crippen molar-refractivity contribution in [2.45, 2.75) is 37.8 Å². The second kappa shape index (κ2) is 9.84. The number of fused-ring (bicyclic) bond motifs is 2. The van der Waals surface area contributed by atoms with Gasteiger partial charge in [-0.15, -0.1) is 11.8 Å². The van der Waals surface area contributed by atoms with Crippen molar-refractivity contribution in [3.8, 4) is 0 Å². The van der Waals surface area contributed by atoms with Crippen molar-refractivity contribution >= 4 is 40.5 Å². The monoisotopic (exact) mass is 493 g/mol. The summed E-state index contributed by atoms with van der Waals surface area (Å²) in [6, 6.07) is 7.64. The summed E-state index contributed by atoms with van der Waals surface area (Å²) in [5.74, 6) is 0.0526. The van der Waals surface area contributed by atoms with Gasteiger partial charge in [-0.3, -0.25) is 19.6 Å². The fraction of sp³-hybridized carbons (Fsp3) is 0.360. The number of hydrogen-bond acceptors (Lipinski definition) is 7. The Bertz CT molecular complexity index is 1210. The average molecular weight is 494 g/mol. The summed E-state index contributed by atoms with van der Waals surface area (Å²) >= 11 is 3.17. The summed E-state index contributed by atoms with van der Waals surface area (Å²) in [5, 5.41) is 6.15. The van der Waals surface area contributed by atoms with Gasteiger partial charge in [0.1, 0.15) is 0 Å². The quantitative estimate of drug-likeness (QED) is 0.620. The predicted octanol–water partition coefficient (Wildman–Crippen LogP) is 3.58. The molecule has 1 aromatic carbocycles. The van der Waals surface area contributed by atoms with Crippen LogP contribution in [-0.4, -0.2) is 57.7 Å². The van der Waals surface area contributed by atoms with E-state index in [1.165, 1.54) is 5.56 Å². The van der Waals surface area contributed by atoms with Gasteiger partial charge in [0.2, 0.25) is 5.91 Å². The molecule has 0 fully saturated rings. The highest BCUT2D eigenvalue weighted by molar-refractivity contribution is 8.16. The maximum Gasteiger partial charge on any atom is 0.252 e. The summed E-state index contributed by atoms with van der Waals surface area (Å²) in [6.45, 7) is 5.31. The number of benzene rings is 1. The van der Waals surface area contributed by atoms with Gasteiger partial charge in [0.25, 0.3) is 5.91 Å². The van der Waals surface area contributed by atoms with Gasteiger partial charge in [-0.25, -0.2) is 0 Å². The van der Waals surface area contributed by atoms with E-state index in [9.17, 15) is 9.59 Å². The third-order valence-electron chi connectivity index (χ3n) is 6.51. The maximum absolute atomic E-state index is 13.1. The van der Waals surface area contributed by atoms with Crippen LogP contribution >= 0.6 is 23.5 Å². The number of aromatic nitrogens is 1. The molecule has 0 bridgehead atoms. The minimum Gasteiger partial charge on any atom is -0.348 e. The smallest absolute Gasteiger partial charge is 0.252 e. The molecule has 0 atom stereocenters. The van der Waals surface area contributed by atoms with Gasteiger partial charge in [-0.05, 0) is 53.8 Å². The lowest BCUT2D eigenvalue weighted by atomic mass is 9.94. The summed E-state index contributed by atoms with van der Waals surface area (Å²) in [7, 11) is 0. The van der Waals surface area contributed by atoms with Crippen LogP contribution in [0.15, 0.2) is 51.5 Å². The lowest BCUT2D eigenvalue weighted by Crippen LogP contribution is -2.38. The van der Waals surface area contributed by atoms with E-state index in [0.717, 1.165) is 52.1 Å². The van der Waals surface area contributed by atoms with Gasteiger partial charge in [-0.2, -0.15) is 0 Å². The standard InChI is InChI=1S/C25H27N5O2S2/c1-16-21(13-28-24(32)20-5-3-4-6-22(20)33-2)19-7-9-29(14-17(19)12-27-16)23(31)11-18-15-34-25-26-8-10-30(18)25/h3-6,12,15H,7-11,13-14H2,1-2H3,(H,28,32). The molecule has 0 radical (unpaired) electrons. The highest BCUT2D eigenvalue weighted by Gasteiger charge is 2.30. The molecule has 5 rings (SSSR count). The molecule has 3 aliphatic heterocycles. The van der Waals surface area contributed by atoms with Crippen LogP contribution in [0.2, 0.25) is 0 Å². The summed E-state index contributed by atoms with van der Waals surface area (Å²) < 4.78 is 0. The predicted molar refractivity (Wildman–Crippen MR) is 137 cm³/mol. The van der Waals surface area contributed by atoms with Gasteiger partial charge < -0.3 is 15.1 Å². The second-order valence-corrected chi connectivity index (χ2v) is 10.2. The first-order chi connectivity index (χ1) is 16.5. The SMILES string of the molecule is CSc1ccccc1C(=O)NCc1c(C)ncc2c1CCN(C(=O)CC1=CSC3=NCCN13)C2. The number of thioether (sulfide) groups is 2. The Morgan fingerprint density at radius 1 is 1.24 bits per heavy atom. The summed E-state index contributed by atoms with van der Waals surface area (Å²) in [4.78, 5) is 40.0. The van der Waals surface area contributed by atoms with E-state index in [1.807, 2.05) is 48.5 Å². The molecule has 0 unspecified atom stereocenters. The molecule has 1 aromatic heterocycles. The number of pyridine rings is 1. The number of nitrogens with zero attached hydrogens (tertiary/aromatic N) is 4. The topological polar surface area (TPSA) is 77.9 Å². The Morgan fingerprint density at radius 2 is 2.09 bits per heavy atom. The van der Waals surface area contributed by atoms with Crippen LogP contribution in [0, 0.1) is 6.92 Å². The lowest BCUT2D eigenvalue weighted by molar-refractivity contribution is -0.131. The fourth-order valence-electron chi connectivity index (χ4n) is 4.65. The van der Waals surface area contributed by atoms with Gasteiger partial charge in [0.05, 0.1) is 18.5 Å². The van der Waals surface area contributed by atoms with E-state index in [1.54, 1.807) is 23.5 Å². The molecule has 0 saturated carbocycles. The minimum absolute atomic E-state index is 0.0814. The lowest BCUT2D eigenvalue weighted by Gasteiger charge is -2.31. The van der Waals surface area contributed by atoms with Crippen molar-refractivity contribution in [3.63, 3.8) is 0 Å². The number of carbonyl (C=O) groups is 2. The number of aliphatic imine (C=N–C) groups is 1. The van der Waals surface area contributed by atoms with Crippen LogP contribution in [0.5, 0.6) is 0 Å². The van der Waals surface area contributed by atoms with E-state index in [2.05, 4.69) is 25.6 Å². The summed E-state index contributed by atoms with van der Waals surface area (Å²) in [6.07, 6.45) is 5.02. The van der Waals surface area contributed by atoms with Crippen molar-refractivity contribution in [1.29, 1.82) is 0 Å². The van der Waals surface area contributed by atoms with E-state index in [0.29, 0.717) is 31.6 Å². The van der Waals surface area contributed by atoms with E-state index in [4.69, 9.17) is 0 Å². The molecule has 34 heavy (non-hydrogen) atoms. The number of carbonyl (C=O) groups excluding carboxylic acids is 2. The molecular formula is C25H27N5O2S2. The fourth-order valence-corrected chi connectivity index (χ4v) is 6.20. The average Bonchev–Trinajstić information content (AvgIpc) is 3.48. The molecule has 7 nitrogen and oxygen atoms in total. The number of hydrogen-bond donors (Lipinski definition) is 1. The van der Waals surface area contributed by atoms with Gasteiger partial charge in [0.15, 0.2) is 5.17 Å². The zero-order valence-corrected chi connectivity index (χ0v) is 21.0. The first-order valence-corrected chi connectivity index (χ1v) is 13.5. The zero-order valence-electron chi connectivity index (χ0n) is 19.3. The maximum atomic E-state index is 13.1. The van der Waals surface area contributed by atoms with Crippen molar-refractivity contribution < 1.29 is 9.59 Å². The van der Waals surface area contributed by atoms with Crippen molar-refractivity contribution in [1.82, 2.24) is 20.1 Å². The number of aryl methyl sites for hydroxylation is 1. The highest BCUT2D eigenvalue weighted by Crippen LogP contribution is 2.32. The minimum atomic E-state index is -0.0814. The van der Waals surface area contributed by atoms with E-state index < -0.39 is 0 Å². The molecule has 0 saturated heterocycles. The molecule has 2 aromatic rings. The van der Waals surface area contributed by atoms with Crippen molar-refractivity contribution in [2.75, 3.05) is 25.9 Å². The third kappa shape index (κ3) is 4.46. The molecular weight excluding hydrogens is 466 g/mol. The Labute approximate surface area is 208 Å². The van der Waals surface area contributed by atoms with Crippen LogP contribution in [0.3, 0.4) is 0 Å². The van der Waals surface area contributed by atoms with Crippen molar-refractivity contribution in [3.05, 3.63) is 69.5 Å². The van der Waals surface area contributed by atoms with Gasteiger partial charge in [0, 0.05) is 48.7 Å². The van der Waals surface area contributed by atoms with Crippen LogP contribution in [0.1, 0.15) is 39.2 Å². The highest BCUT2D eigenvalue weighted by atomic mass is 32.2. The Morgan fingerprint density at radius 3 is 2.94 bits per heavy atom. The van der Waals surface area contributed by atoms with E-state index in [-0.39, 0.29) is 11.8 Å². The first-order valence-electron chi connectivity index (χ1n) is 11.4. The first kappa shape index (κ1) is 23.0. The molecule has 4 heterocycles. The van der Waals surface area contributed by atoms with Crippen LogP contribution < -0.4 is 5.32 Å². The molecule has 0 spiro atoms. The van der Waals surface area contributed by atoms with Gasteiger partial charge in [-0.1, -0.05) is 23.9 Å². The normalized spacial score (nSPS) is 16.6. The molecule has 9 heteroatoms. The molecule has 1 N–H and O–H groups in total. The Kier molecular flexibility index (Phi) is 6.65. The molecule has 3 aliphatic rings. The Balaban J connectivity index is 1.26. The summed E-state index contributed by atoms with van der Waals surface area (Å²) in [5.41, 5.74) is 6.00. The third-order valence-corrected chi connectivity index (χ3v) is 8.25. The Hall–Kier alpha value is -2.78. The van der Waals surface area contributed by atoms with E-state index >= 15 is 0 Å². The molecule has 176 valence electrons. The molecule has 2 amide bonds. The number of rotatable bonds is 6. The van der Waals surface area contributed by atoms with Gasteiger partial charge >= 0.3 is 0 Å². The van der Waals surface area contributed by atoms with Crippen LogP contribution in [0.4, 0.5) is 0 Å². The van der Waals surface area contributed by atoms with Crippen molar-refractivity contribution in [2.24, 2.45) is 4.99 Å². The second-order valence-electron chi connectivity index (χ2n) is 8.49. The zero-order chi connectivity index (χ0) is 23.7. The number of amidine groups is 1. The van der Waals surface area contributed by atoms with Crippen LogP contribution in [0.25, 0.3) is 0 Å². The largest absolute Gasteiger partial charge is 0.348 e. The molecule has 0 aliphatic carbocycles.